The summed E-state index contributed by atoms with van der Waals surface area (Å²) in [7, 11) is -3.47. The van der Waals surface area contributed by atoms with Gasteiger partial charge < -0.3 is 4.74 Å². The van der Waals surface area contributed by atoms with E-state index in [0.717, 1.165) is 19.1 Å². The summed E-state index contributed by atoms with van der Waals surface area (Å²) in [6.07, 6.45) is 2.53. The SMILES string of the molecule is [2H]c1c(Oc2c(C3CC3)nn(CS(C)(=O)=O)c2C)c([2H])c(C([2H])([2H])[2H])c(C#N)c1C([2H])([2H])[2H]. The number of ether oxygens (including phenoxy) is 1. The molecule has 0 aliphatic heterocycles. The Bertz CT molecular complexity index is 1230. The molecular formula is C18H21N3O3S. The highest BCUT2D eigenvalue weighted by Gasteiger charge is 2.32. The van der Waals surface area contributed by atoms with Gasteiger partial charge in [-0.25, -0.2) is 8.42 Å². The minimum atomic E-state index is -3.47. The van der Waals surface area contributed by atoms with Crippen molar-refractivity contribution in [1.82, 2.24) is 9.78 Å². The van der Waals surface area contributed by atoms with Crippen LogP contribution in [0.1, 0.15) is 57.8 Å². The van der Waals surface area contributed by atoms with Crippen LogP contribution in [0.15, 0.2) is 12.1 Å². The van der Waals surface area contributed by atoms with E-state index in [4.69, 9.17) is 15.7 Å². The van der Waals surface area contributed by atoms with Gasteiger partial charge in [-0.3, -0.25) is 4.68 Å². The van der Waals surface area contributed by atoms with Crippen molar-refractivity contribution >= 4 is 9.84 Å². The first kappa shape index (κ1) is 9.97. The fourth-order valence-corrected chi connectivity index (χ4v) is 3.12. The predicted molar refractivity (Wildman–Crippen MR) is 94.5 cm³/mol. The van der Waals surface area contributed by atoms with Crippen molar-refractivity contribution in [3.05, 3.63) is 40.2 Å². The molecule has 0 spiro atoms. The molecule has 25 heavy (non-hydrogen) atoms. The van der Waals surface area contributed by atoms with E-state index in [9.17, 15) is 13.7 Å². The normalized spacial score (nSPS) is 20.0. The van der Waals surface area contributed by atoms with Crippen LogP contribution in [-0.2, 0) is 15.7 Å². The molecule has 0 saturated heterocycles. The molecule has 1 aliphatic rings. The van der Waals surface area contributed by atoms with E-state index in [1.165, 1.54) is 17.7 Å². The van der Waals surface area contributed by atoms with E-state index in [0.29, 0.717) is 5.69 Å². The summed E-state index contributed by atoms with van der Waals surface area (Å²) in [6.45, 7) is -4.53. The number of rotatable bonds is 5. The minimum absolute atomic E-state index is 0.0424. The minimum Gasteiger partial charge on any atom is -0.453 e. The molecule has 132 valence electrons. The summed E-state index contributed by atoms with van der Waals surface area (Å²) in [5, 5.41) is 13.8. The molecule has 0 N–H and O–H groups in total. The lowest BCUT2D eigenvalue weighted by Crippen LogP contribution is -2.11. The first-order valence-electron chi connectivity index (χ1n) is 11.5. The Morgan fingerprint density at radius 1 is 1.44 bits per heavy atom. The summed E-state index contributed by atoms with van der Waals surface area (Å²) in [5.74, 6) is -1.10. The number of hydrogen-bond acceptors (Lipinski definition) is 5. The second-order valence-corrected chi connectivity index (χ2v) is 8.16. The molecule has 2 aromatic rings. The number of nitriles is 1. The van der Waals surface area contributed by atoms with Gasteiger partial charge in [-0.05, 0) is 56.7 Å². The van der Waals surface area contributed by atoms with Crippen molar-refractivity contribution in [1.29, 1.82) is 5.26 Å². The van der Waals surface area contributed by atoms with Gasteiger partial charge in [-0.1, -0.05) is 0 Å². The lowest BCUT2D eigenvalue weighted by atomic mass is 10.0. The van der Waals surface area contributed by atoms with Gasteiger partial charge in [0.05, 0.1) is 20.1 Å². The van der Waals surface area contributed by atoms with Gasteiger partial charge in [-0.2, -0.15) is 10.4 Å². The Labute approximate surface area is 159 Å². The Hall–Kier alpha value is -2.33. The first-order valence-corrected chi connectivity index (χ1v) is 9.54. The second-order valence-electron chi connectivity index (χ2n) is 6.05. The van der Waals surface area contributed by atoms with Gasteiger partial charge in [0.15, 0.2) is 15.6 Å². The molecule has 0 atom stereocenters. The number of sulfone groups is 1. The molecule has 1 heterocycles. The standard InChI is InChI=1S/C18H21N3O3S/c1-11-7-15(8-12(2)16(11)9-19)24-18-13(3)21(10-25(4,22)23)20-17(18)14-5-6-14/h7-8,14H,5-6,10H2,1-4H3/i1D3,2D3,7D,8D. The van der Waals surface area contributed by atoms with Crippen molar-refractivity contribution in [3.63, 3.8) is 0 Å². The summed E-state index contributed by atoms with van der Waals surface area (Å²) in [6, 6.07) is -0.0760. The molecule has 1 fully saturated rings. The van der Waals surface area contributed by atoms with E-state index >= 15 is 0 Å². The Morgan fingerprint density at radius 2 is 2.08 bits per heavy atom. The Balaban J connectivity index is 2.30. The van der Waals surface area contributed by atoms with Crippen LogP contribution in [0.4, 0.5) is 0 Å². The van der Waals surface area contributed by atoms with Crippen LogP contribution >= 0.6 is 0 Å². The van der Waals surface area contributed by atoms with Crippen LogP contribution in [0.2, 0.25) is 0 Å². The fourth-order valence-electron chi connectivity index (χ4n) is 2.42. The summed E-state index contributed by atoms with van der Waals surface area (Å²) in [4.78, 5) is 0. The third kappa shape index (κ3) is 3.69. The number of nitrogens with zero attached hydrogens (tertiary/aromatic N) is 3. The molecule has 0 amide bonds. The van der Waals surface area contributed by atoms with Crippen LogP contribution < -0.4 is 4.74 Å². The lowest BCUT2D eigenvalue weighted by molar-refractivity contribution is 0.470. The molecule has 7 heteroatoms. The average molecular weight is 367 g/mol. The maximum absolute atomic E-state index is 11.8. The van der Waals surface area contributed by atoms with Gasteiger partial charge in [0.2, 0.25) is 0 Å². The van der Waals surface area contributed by atoms with Crippen molar-refractivity contribution in [2.75, 3.05) is 6.26 Å². The smallest absolute Gasteiger partial charge is 0.171 e. The monoisotopic (exact) mass is 367 g/mol. The van der Waals surface area contributed by atoms with E-state index < -0.39 is 63.9 Å². The number of benzene rings is 1. The fraction of sp³-hybridized carbons (Fsp3) is 0.444. The van der Waals surface area contributed by atoms with Crippen LogP contribution in [0.3, 0.4) is 0 Å². The highest BCUT2D eigenvalue weighted by atomic mass is 32.2. The highest BCUT2D eigenvalue weighted by Crippen LogP contribution is 2.46. The van der Waals surface area contributed by atoms with E-state index in [1.54, 1.807) is 0 Å². The molecule has 1 aliphatic carbocycles. The van der Waals surface area contributed by atoms with Gasteiger partial charge in [0, 0.05) is 20.4 Å². The topological polar surface area (TPSA) is 85.0 Å². The van der Waals surface area contributed by atoms with Crippen molar-refractivity contribution in [2.45, 2.75) is 45.3 Å². The second kappa shape index (κ2) is 6.19. The van der Waals surface area contributed by atoms with Crippen LogP contribution in [0.25, 0.3) is 0 Å². The molecule has 6 nitrogen and oxygen atoms in total. The average Bonchev–Trinajstić information content (AvgIpc) is 3.42. The van der Waals surface area contributed by atoms with Crippen LogP contribution in [0.5, 0.6) is 11.5 Å². The summed E-state index contributed by atoms with van der Waals surface area (Å²) >= 11 is 0. The first-order chi connectivity index (χ1) is 15.0. The third-order valence-electron chi connectivity index (χ3n) is 3.79. The molecule has 1 aromatic heterocycles. The van der Waals surface area contributed by atoms with Crippen molar-refractivity contribution in [2.24, 2.45) is 0 Å². The molecule has 0 bridgehead atoms. The third-order valence-corrected chi connectivity index (χ3v) is 4.50. The highest BCUT2D eigenvalue weighted by molar-refractivity contribution is 7.89. The number of aromatic nitrogens is 2. The Kier molecular flexibility index (Phi) is 2.47. The van der Waals surface area contributed by atoms with E-state index in [-0.39, 0.29) is 17.4 Å². The molecule has 3 rings (SSSR count). The zero-order valence-corrected chi connectivity index (χ0v) is 14.5. The van der Waals surface area contributed by atoms with Gasteiger partial charge in [0.25, 0.3) is 0 Å². The van der Waals surface area contributed by atoms with E-state index in [1.807, 2.05) is 0 Å². The molecule has 0 unspecified atom stereocenters. The molecule has 0 radical (unpaired) electrons. The predicted octanol–water partition coefficient (Wildman–Crippen LogP) is 3.35. The lowest BCUT2D eigenvalue weighted by Gasteiger charge is -2.10. The zero-order chi connectivity index (χ0) is 25.1. The van der Waals surface area contributed by atoms with Crippen molar-refractivity contribution in [3.8, 4) is 17.6 Å². The van der Waals surface area contributed by atoms with Gasteiger partial charge in [0.1, 0.15) is 17.3 Å². The van der Waals surface area contributed by atoms with Crippen LogP contribution in [-0.4, -0.2) is 24.5 Å². The largest absolute Gasteiger partial charge is 0.453 e. The summed E-state index contributed by atoms with van der Waals surface area (Å²) in [5.41, 5.74) is -1.78. The molecule has 1 aromatic carbocycles. The molecule has 1 saturated carbocycles. The number of hydrogen-bond donors (Lipinski definition) is 0. The maximum Gasteiger partial charge on any atom is 0.171 e. The Morgan fingerprint density at radius 3 is 2.56 bits per heavy atom. The maximum atomic E-state index is 11.8. The quantitative estimate of drug-likeness (QED) is 0.809. The van der Waals surface area contributed by atoms with E-state index in [2.05, 4.69) is 5.10 Å². The van der Waals surface area contributed by atoms with Gasteiger partial charge in [-0.15, -0.1) is 0 Å². The van der Waals surface area contributed by atoms with Crippen molar-refractivity contribution < 1.29 is 24.1 Å². The molecular weight excluding hydrogens is 338 g/mol. The zero-order valence-electron chi connectivity index (χ0n) is 21.7. The van der Waals surface area contributed by atoms with Crippen LogP contribution in [0, 0.1) is 32.0 Å². The van der Waals surface area contributed by atoms with Gasteiger partial charge >= 0.3 is 0 Å². The summed E-state index contributed by atoms with van der Waals surface area (Å²) < 4.78 is 93.9.